The number of likely N-dealkylation sites (tertiary alicyclic amines) is 1. The van der Waals surface area contributed by atoms with Gasteiger partial charge in [-0.25, -0.2) is 0 Å². The van der Waals surface area contributed by atoms with E-state index in [1.165, 1.54) is 11.1 Å². The van der Waals surface area contributed by atoms with Crippen LogP contribution in [-0.4, -0.2) is 41.8 Å². The molecule has 2 aliphatic heterocycles. The highest BCUT2D eigenvalue weighted by Gasteiger charge is 2.48. The third-order valence-electron chi connectivity index (χ3n) is 8.67. The topological polar surface area (TPSA) is 88.1 Å². The van der Waals surface area contributed by atoms with E-state index in [2.05, 4.69) is 57.3 Å². The lowest BCUT2D eigenvalue weighted by atomic mass is 9.82. The number of carboxylic acid groups (broad SMARTS) is 1. The van der Waals surface area contributed by atoms with E-state index in [9.17, 15) is 14.7 Å². The lowest BCUT2D eigenvalue weighted by Gasteiger charge is -2.27. The molecule has 0 radical (unpaired) electrons. The Labute approximate surface area is 248 Å². The molecule has 222 valence electrons. The van der Waals surface area contributed by atoms with Gasteiger partial charge in [-0.1, -0.05) is 75.2 Å². The maximum Gasteiger partial charge on any atom is 0.309 e. The summed E-state index contributed by atoms with van der Waals surface area (Å²) < 4.78 is 11.1. The van der Waals surface area contributed by atoms with Gasteiger partial charge < -0.3 is 19.9 Å². The molecule has 1 saturated heterocycles. The quantitative estimate of drug-likeness (QED) is 0.268. The summed E-state index contributed by atoms with van der Waals surface area (Å²) in [5, 5.41) is 13.8. The van der Waals surface area contributed by atoms with Crippen molar-refractivity contribution in [3.05, 3.63) is 88.0 Å². The number of aliphatic carboxylic acids is 1. The Morgan fingerprint density at radius 3 is 2.24 bits per heavy atom. The van der Waals surface area contributed by atoms with Gasteiger partial charge in [0.25, 0.3) is 0 Å². The van der Waals surface area contributed by atoms with E-state index < -0.39 is 17.9 Å². The highest BCUT2D eigenvalue weighted by Crippen LogP contribution is 2.47. The molecule has 0 aromatic heterocycles. The smallest absolute Gasteiger partial charge is 0.309 e. The van der Waals surface area contributed by atoms with Crippen molar-refractivity contribution < 1.29 is 24.2 Å². The SMILES string of the molecule is CCCCc1ccc([C@H]2C(C(=O)O)[C@@H](c3ccc4c(c3)OCO4)CN2CC(=O)Nc2c(CC)cc(C)cc2CC)cc1. The Hall–Kier alpha value is -3.84. The number of hydrogen-bond donors (Lipinski definition) is 2. The lowest BCUT2D eigenvalue weighted by molar-refractivity contribution is -0.143. The average Bonchev–Trinajstić information content (AvgIpc) is 3.61. The Balaban J connectivity index is 1.48. The second-order valence-corrected chi connectivity index (χ2v) is 11.5. The van der Waals surface area contributed by atoms with Crippen LogP contribution < -0.4 is 14.8 Å². The molecule has 2 N–H and O–H groups in total. The maximum absolute atomic E-state index is 13.7. The van der Waals surface area contributed by atoms with Crippen molar-refractivity contribution >= 4 is 17.6 Å². The van der Waals surface area contributed by atoms with E-state index in [-0.39, 0.29) is 25.2 Å². The van der Waals surface area contributed by atoms with Crippen LogP contribution in [0, 0.1) is 12.8 Å². The first kappa shape index (κ1) is 29.6. The van der Waals surface area contributed by atoms with E-state index in [1.807, 2.05) is 35.2 Å². The van der Waals surface area contributed by atoms with Crippen molar-refractivity contribution in [2.45, 2.75) is 71.8 Å². The molecule has 2 aliphatic rings. The number of amides is 1. The minimum Gasteiger partial charge on any atom is -0.481 e. The zero-order valence-electron chi connectivity index (χ0n) is 25.1. The molecule has 7 nitrogen and oxygen atoms in total. The van der Waals surface area contributed by atoms with Crippen LogP contribution in [-0.2, 0) is 28.9 Å². The fraction of sp³-hybridized carbons (Fsp3) is 0.429. The molecule has 5 rings (SSSR count). The van der Waals surface area contributed by atoms with Crippen molar-refractivity contribution in [2.24, 2.45) is 5.92 Å². The van der Waals surface area contributed by atoms with Crippen molar-refractivity contribution in [3.8, 4) is 11.5 Å². The minimum atomic E-state index is -0.874. The predicted octanol–water partition coefficient (Wildman–Crippen LogP) is 6.67. The van der Waals surface area contributed by atoms with Crippen molar-refractivity contribution in [1.82, 2.24) is 4.90 Å². The summed E-state index contributed by atoms with van der Waals surface area (Å²) in [7, 11) is 0. The molecule has 42 heavy (non-hydrogen) atoms. The normalized spacial score (nSPS) is 19.7. The molecule has 3 aromatic rings. The molecular formula is C35H42N2O5. The standard InChI is InChI=1S/C35H42N2O5/c1-5-8-9-23-10-12-26(13-11-23)34-32(35(39)40)28(27-14-15-29-30(18-27)42-21-41-29)19-37(34)20-31(38)36-33-24(6-2)16-22(4)17-25(33)7-3/h10-18,28,32,34H,5-9,19-21H2,1-4H3,(H,36,38)(H,39,40)/t28-,32?,34+/m1/s1. The molecule has 1 fully saturated rings. The van der Waals surface area contributed by atoms with Crippen molar-refractivity contribution in [3.63, 3.8) is 0 Å². The Bertz CT molecular complexity index is 1410. The molecule has 1 unspecified atom stereocenters. The summed E-state index contributed by atoms with van der Waals surface area (Å²) in [4.78, 5) is 28.7. The van der Waals surface area contributed by atoms with E-state index in [0.29, 0.717) is 18.0 Å². The Kier molecular flexibility index (Phi) is 9.17. The van der Waals surface area contributed by atoms with E-state index in [1.54, 1.807) is 0 Å². The number of hydrogen-bond acceptors (Lipinski definition) is 5. The summed E-state index contributed by atoms with van der Waals surface area (Å²) in [6.07, 6.45) is 4.85. The summed E-state index contributed by atoms with van der Waals surface area (Å²) >= 11 is 0. The van der Waals surface area contributed by atoms with Crippen LogP contribution >= 0.6 is 0 Å². The second-order valence-electron chi connectivity index (χ2n) is 11.5. The number of nitrogens with one attached hydrogen (secondary N) is 1. The van der Waals surface area contributed by atoms with Gasteiger partial charge in [0.1, 0.15) is 0 Å². The first-order chi connectivity index (χ1) is 20.3. The number of ether oxygens (including phenoxy) is 2. The van der Waals surface area contributed by atoms with Crippen LogP contribution in [0.1, 0.15) is 79.0 Å². The monoisotopic (exact) mass is 570 g/mol. The third-order valence-corrected chi connectivity index (χ3v) is 8.67. The molecule has 2 heterocycles. The van der Waals surface area contributed by atoms with Crippen LogP contribution in [0.2, 0.25) is 0 Å². The first-order valence-corrected chi connectivity index (χ1v) is 15.2. The molecule has 7 heteroatoms. The fourth-order valence-electron chi connectivity index (χ4n) is 6.56. The molecule has 0 spiro atoms. The van der Waals surface area contributed by atoms with Crippen LogP contribution in [0.4, 0.5) is 5.69 Å². The number of unbranched alkanes of at least 4 members (excludes halogenated alkanes) is 1. The number of carbonyl (C=O) groups excluding carboxylic acids is 1. The molecule has 3 aromatic carbocycles. The number of nitrogens with zero attached hydrogens (tertiary/aromatic N) is 1. The summed E-state index contributed by atoms with van der Waals surface area (Å²) in [6.45, 7) is 9.12. The zero-order valence-corrected chi connectivity index (χ0v) is 25.1. The van der Waals surface area contributed by atoms with Gasteiger partial charge in [0.2, 0.25) is 12.7 Å². The summed E-state index contributed by atoms with van der Waals surface area (Å²) in [5.41, 5.74) is 7.32. The summed E-state index contributed by atoms with van der Waals surface area (Å²) in [6, 6.07) is 17.8. The van der Waals surface area contributed by atoms with Crippen molar-refractivity contribution in [2.75, 3.05) is 25.2 Å². The largest absolute Gasteiger partial charge is 0.481 e. The molecule has 3 atom stereocenters. The molecule has 0 saturated carbocycles. The van der Waals surface area contributed by atoms with Crippen molar-refractivity contribution in [1.29, 1.82) is 0 Å². The minimum absolute atomic E-state index is 0.0905. The molecule has 0 bridgehead atoms. The van der Waals surface area contributed by atoms with Gasteiger partial charge in [0, 0.05) is 24.2 Å². The summed E-state index contributed by atoms with van der Waals surface area (Å²) in [5.74, 6) is -0.786. The van der Waals surface area contributed by atoms with Gasteiger partial charge in [-0.2, -0.15) is 0 Å². The number of aryl methyl sites for hydroxylation is 4. The van der Waals surface area contributed by atoms with E-state index >= 15 is 0 Å². The van der Waals surface area contributed by atoms with Gasteiger partial charge in [-0.3, -0.25) is 14.5 Å². The maximum atomic E-state index is 13.7. The number of carbonyl (C=O) groups is 2. The van der Waals surface area contributed by atoms with Crippen LogP contribution in [0.15, 0.2) is 54.6 Å². The third kappa shape index (κ3) is 6.16. The second kappa shape index (κ2) is 13.0. The number of carboxylic acids is 1. The molecule has 0 aliphatic carbocycles. The molecular weight excluding hydrogens is 528 g/mol. The van der Waals surface area contributed by atoms with Gasteiger partial charge in [-0.15, -0.1) is 0 Å². The molecule has 1 amide bonds. The number of rotatable bonds is 11. The fourth-order valence-corrected chi connectivity index (χ4v) is 6.56. The highest BCUT2D eigenvalue weighted by molar-refractivity contribution is 5.94. The van der Waals surface area contributed by atoms with Crippen LogP contribution in [0.25, 0.3) is 0 Å². The zero-order chi connectivity index (χ0) is 29.8. The van der Waals surface area contributed by atoms with Crippen LogP contribution in [0.5, 0.6) is 11.5 Å². The number of fused-ring (bicyclic) bond motifs is 1. The van der Waals surface area contributed by atoms with Gasteiger partial charge in [0.05, 0.1) is 12.5 Å². The van der Waals surface area contributed by atoms with E-state index in [0.717, 1.165) is 60.0 Å². The van der Waals surface area contributed by atoms with E-state index in [4.69, 9.17) is 9.47 Å². The number of anilines is 1. The average molecular weight is 571 g/mol. The Morgan fingerprint density at radius 2 is 1.60 bits per heavy atom. The van der Waals surface area contributed by atoms with Gasteiger partial charge in [-0.05, 0) is 72.6 Å². The highest BCUT2D eigenvalue weighted by atomic mass is 16.7. The number of benzene rings is 3. The lowest BCUT2D eigenvalue weighted by Crippen LogP contribution is -2.35. The predicted molar refractivity (Wildman–Crippen MR) is 164 cm³/mol. The van der Waals surface area contributed by atoms with Gasteiger partial charge in [0.15, 0.2) is 11.5 Å². The first-order valence-electron chi connectivity index (χ1n) is 15.2. The van der Waals surface area contributed by atoms with Gasteiger partial charge >= 0.3 is 5.97 Å². The Morgan fingerprint density at radius 1 is 0.929 bits per heavy atom. The van der Waals surface area contributed by atoms with Crippen LogP contribution in [0.3, 0.4) is 0 Å².